The minimum atomic E-state index is -0.166. The highest BCUT2D eigenvalue weighted by molar-refractivity contribution is 5.81. The second-order valence-electron chi connectivity index (χ2n) is 4.64. The van der Waals surface area contributed by atoms with Crippen molar-refractivity contribution in [3.63, 3.8) is 0 Å². The summed E-state index contributed by atoms with van der Waals surface area (Å²) in [4.78, 5) is 15.8. The lowest BCUT2D eigenvalue weighted by Gasteiger charge is -2.35. The van der Waals surface area contributed by atoms with E-state index in [-0.39, 0.29) is 11.9 Å². The largest absolute Gasteiger partial charge is 0.424 e. The van der Waals surface area contributed by atoms with Crippen LogP contribution in [0.4, 0.5) is 0 Å². The Hall–Kier alpha value is -1.47. The molecule has 1 saturated heterocycles. The molecule has 1 N–H and O–H groups in total. The molecule has 0 aromatic carbocycles. The van der Waals surface area contributed by atoms with Gasteiger partial charge < -0.3 is 14.6 Å². The molecule has 0 radical (unpaired) electrons. The molecule has 0 aliphatic carbocycles. The number of rotatable bonds is 3. The van der Waals surface area contributed by atoms with Crippen LogP contribution in [0.1, 0.15) is 11.8 Å². The molecule has 2 heterocycles. The van der Waals surface area contributed by atoms with Crippen LogP contribution in [0.25, 0.3) is 0 Å². The Kier molecular flexibility index (Phi) is 3.93. The molecule has 1 aromatic rings. The van der Waals surface area contributed by atoms with E-state index in [9.17, 15) is 4.79 Å². The number of aromatic nitrogens is 2. The molecule has 1 aliphatic heterocycles. The molecule has 1 aromatic heterocycles. The van der Waals surface area contributed by atoms with Crippen LogP contribution < -0.4 is 5.32 Å². The summed E-state index contributed by atoms with van der Waals surface area (Å²) >= 11 is 0. The second-order valence-corrected chi connectivity index (χ2v) is 4.64. The van der Waals surface area contributed by atoms with Crippen molar-refractivity contribution >= 4 is 5.91 Å². The summed E-state index contributed by atoms with van der Waals surface area (Å²) in [6, 6.07) is -0.166. The molecule has 1 unspecified atom stereocenters. The first kappa shape index (κ1) is 13.0. The van der Waals surface area contributed by atoms with E-state index in [0.717, 1.165) is 13.1 Å². The smallest absolute Gasteiger partial charge is 0.240 e. The monoisotopic (exact) mass is 253 g/mol. The number of nitrogens with zero attached hydrogens (tertiary/aromatic N) is 4. The Morgan fingerprint density at radius 2 is 2.33 bits per heavy atom. The Morgan fingerprint density at radius 1 is 1.56 bits per heavy atom. The fourth-order valence-corrected chi connectivity index (χ4v) is 2.05. The van der Waals surface area contributed by atoms with Crippen molar-refractivity contribution < 1.29 is 9.21 Å². The van der Waals surface area contributed by atoms with Gasteiger partial charge in [-0.1, -0.05) is 0 Å². The van der Waals surface area contributed by atoms with Crippen molar-refractivity contribution in [2.75, 3.05) is 33.7 Å². The quantitative estimate of drug-likeness (QED) is 0.763. The average Bonchev–Trinajstić information content (AvgIpc) is 2.74. The normalized spacial score (nSPS) is 20.9. The first-order chi connectivity index (χ1) is 8.58. The van der Waals surface area contributed by atoms with Crippen LogP contribution in [-0.2, 0) is 11.3 Å². The van der Waals surface area contributed by atoms with Gasteiger partial charge in [0.15, 0.2) is 0 Å². The summed E-state index contributed by atoms with van der Waals surface area (Å²) in [6.07, 6.45) is 0. The first-order valence-corrected chi connectivity index (χ1v) is 6.03. The number of carbonyl (C=O) groups excluding carboxylic acids is 1. The van der Waals surface area contributed by atoms with Gasteiger partial charge in [0.1, 0.15) is 6.04 Å². The molecular weight excluding hydrogens is 234 g/mol. The second kappa shape index (κ2) is 5.45. The van der Waals surface area contributed by atoms with Gasteiger partial charge in [-0.25, -0.2) is 0 Å². The van der Waals surface area contributed by atoms with E-state index < -0.39 is 0 Å². The molecular formula is C11H19N5O2. The van der Waals surface area contributed by atoms with Crippen molar-refractivity contribution in [2.45, 2.75) is 19.5 Å². The first-order valence-electron chi connectivity index (χ1n) is 6.03. The van der Waals surface area contributed by atoms with Crippen LogP contribution in [0.5, 0.6) is 0 Å². The Bertz CT molecular complexity index is 417. The number of likely N-dealkylation sites (N-methyl/N-ethyl adjacent to an activating group) is 1. The topological polar surface area (TPSA) is 74.5 Å². The number of hydrogen-bond acceptors (Lipinski definition) is 6. The van der Waals surface area contributed by atoms with Gasteiger partial charge in [0.05, 0.1) is 6.54 Å². The molecule has 0 saturated carbocycles. The van der Waals surface area contributed by atoms with E-state index in [1.54, 1.807) is 25.9 Å². The predicted octanol–water partition coefficient (Wildman–Crippen LogP) is -0.760. The minimum absolute atomic E-state index is 0.0958. The molecule has 2 rings (SSSR count). The maximum atomic E-state index is 12.1. The van der Waals surface area contributed by atoms with Gasteiger partial charge in [-0.2, -0.15) is 0 Å². The van der Waals surface area contributed by atoms with Crippen molar-refractivity contribution in [3.05, 3.63) is 11.8 Å². The molecule has 100 valence electrons. The SMILES string of the molecule is Cc1nnc(CN2CCNCC2C(=O)N(C)C)o1. The third kappa shape index (κ3) is 2.85. The van der Waals surface area contributed by atoms with Crippen LogP contribution >= 0.6 is 0 Å². The number of hydrogen-bond donors (Lipinski definition) is 1. The van der Waals surface area contributed by atoms with Gasteiger partial charge in [-0.05, 0) is 0 Å². The fraction of sp³-hybridized carbons (Fsp3) is 0.727. The zero-order valence-corrected chi connectivity index (χ0v) is 11.0. The third-order valence-electron chi connectivity index (χ3n) is 2.99. The van der Waals surface area contributed by atoms with Crippen LogP contribution in [0.15, 0.2) is 4.42 Å². The van der Waals surface area contributed by atoms with Gasteiger partial charge >= 0.3 is 0 Å². The number of carbonyl (C=O) groups is 1. The van der Waals surface area contributed by atoms with Gasteiger partial charge in [0, 0.05) is 40.7 Å². The molecule has 18 heavy (non-hydrogen) atoms. The molecule has 0 bridgehead atoms. The highest BCUT2D eigenvalue weighted by Gasteiger charge is 2.30. The maximum Gasteiger partial charge on any atom is 0.240 e. The van der Waals surface area contributed by atoms with Crippen LogP contribution in [0.2, 0.25) is 0 Å². The molecule has 7 nitrogen and oxygen atoms in total. The number of aryl methyl sites for hydroxylation is 1. The van der Waals surface area contributed by atoms with Crippen molar-refractivity contribution in [3.8, 4) is 0 Å². The van der Waals surface area contributed by atoms with E-state index in [1.165, 1.54) is 0 Å². The minimum Gasteiger partial charge on any atom is -0.424 e. The highest BCUT2D eigenvalue weighted by atomic mass is 16.4. The summed E-state index contributed by atoms with van der Waals surface area (Å²) < 4.78 is 5.37. The summed E-state index contributed by atoms with van der Waals surface area (Å²) in [7, 11) is 3.54. The number of nitrogens with one attached hydrogen (secondary N) is 1. The van der Waals surface area contributed by atoms with E-state index in [4.69, 9.17) is 4.42 Å². The zero-order chi connectivity index (χ0) is 13.1. The third-order valence-corrected chi connectivity index (χ3v) is 2.99. The molecule has 1 amide bonds. The highest BCUT2D eigenvalue weighted by Crippen LogP contribution is 2.11. The zero-order valence-electron chi connectivity index (χ0n) is 11.0. The lowest BCUT2D eigenvalue weighted by atomic mass is 10.1. The van der Waals surface area contributed by atoms with E-state index >= 15 is 0 Å². The number of piperazine rings is 1. The Labute approximate surface area is 106 Å². The molecule has 1 aliphatic rings. The van der Waals surface area contributed by atoms with E-state index in [2.05, 4.69) is 20.4 Å². The van der Waals surface area contributed by atoms with Crippen LogP contribution in [-0.4, -0.2) is 65.7 Å². The summed E-state index contributed by atoms with van der Waals surface area (Å²) in [5.74, 6) is 1.21. The summed E-state index contributed by atoms with van der Waals surface area (Å²) in [5.41, 5.74) is 0. The average molecular weight is 253 g/mol. The maximum absolute atomic E-state index is 12.1. The standard InChI is InChI=1S/C11H19N5O2/c1-8-13-14-10(18-8)7-16-5-4-12-6-9(16)11(17)15(2)3/h9,12H,4-7H2,1-3H3. The molecule has 0 spiro atoms. The van der Waals surface area contributed by atoms with E-state index in [1.807, 2.05) is 0 Å². The van der Waals surface area contributed by atoms with Crippen LogP contribution in [0.3, 0.4) is 0 Å². The summed E-state index contributed by atoms with van der Waals surface area (Å²) in [6.45, 7) is 4.60. The van der Waals surface area contributed by atoms with Gasteiger partial charge in [-0.3, -0.25) is 9.69 Å². The van der Waals surface area contributed by atoms with Gasteiger partial charge in [0.25, 0.3) is 0 Å². The van der Waals surface area contributed by atoms with Gasteiger partial charge in [-0.15, -0.1) is 10.2 Å². The molecule has 1 fully saturated rings. The van der Waals surface area contributed by atoms with Crippen molar-refractivity contribution in [2.24, 2.45) is 0 Å². The molecule has 1 atom stereocenters. The lowest BCUT2D eigenvalue weighted by Crippen LogP contribution is -2.57. The van der Waals surface area contributed by atoms with Crippen molar-refractivity contribution in [1.29, 1.82) is 0 Å². The van der Waals surface area contributed by atoms with E-state index in [0.29, 0.717) is 24.9 Å². The molecule has 7 heteroatoms. The number of amides is 1. The summed E-state index contributed by atoms with van der Waals surface area (Å²) in [5, 5.41) is 11.0. The van der Waals surface area contributed by atoms with Gasteiger partial charge in [0.2, 0.25) is 17.7 Å². The fourth-order valence-electron chi connectivity index (χ4n) is 2.05. The predicted molar refractivity (Wildman–Crippen MR) is 64.8 cm³/mol. The Balaban J connectivity index is 2.06. The Morgan fingerprint density at radius 3 is 2.94 bits per heavy atom. The van der Waals surface area contributed by atoms with Crippen molar-refractivity contribution in [1.82, 2.24) is 25.3 Å². The van der Waals surface area contributed by atoms with Crippen LogP contribution in [0, 0.1) is 6.92 Å². The lowest BCUT2D eigenvalue weighted by molar-refractivity contribution is -0.135.